The number of benzene rings is 3. The highest BCUT2D eigenvalue weighted by molar-refractivity contribution is 7.92. The zero-order valence-corrected chi connectivity index (χ0v) is 26.0. The number of hydrogen-bond acceptors (Lipinski definition) is 4. The van der Waals surface area contributed by atoms with Crippen molar-refractivity contribution in [1.29, 1.82) is 0 Å². The smallest absolute Gasteiger partial charge is 0.243 e. The number of carbonyl (C=O) groups excluding carboxylic acids is 2. The first-order valence-electron chi connectivity index (χ1n) is 13.6. The van der Waals surface area contributed by atoms with Crippen LogP contribution in [-0.4, -0.2) is 50.5 Å². The molecule has 0 unspecified atom stereocenters. The summed E-state index contributed by atoms with van der Waals surface area (Å²) in [5, 5.41) is 3.95. The van der Waals surface area contributed by atoms with Crippen molar-refractivity contribution in [1.82, 2.24) is 10.2 Å². The molecular weight excluding hydrogens is 581 g/mol. The zero-order chi connectivity index (χ0) is 30.0. The van der Waals surface area contributed by atoms with Crippen molar-refractivity contribution < 1.29 is 18.0 Å². The molecule has 7 nitrogen and oxygen atoms in total. The minimum absolute atomic E-state index is 0.0472. The molecule has 0 aliphatic carbocycles. The monoisotopic (exact) mass is 617 g/mol. The summed E-state index contributed by atoms with van der Waals surface area (Å²) in [6.07, 6.45) is 2.54. The number of aryl methyl sites for hydroxylation is 1. The van der Waals surface area contributed by atoms with Gasteiger partial charge in [0.25, 0.3) is 0 Å². The van der Waals surface area contributed by atoms with Crippen LogP contribution in [0.3, 0.4) is 0 Å². The van der Waals surface area contributed by atoms with Gasteiger partial charge in [0.15, 0.2) is 0 Å². The van der Waals surface area contributed by atoms with Crippen molar-refractivity contribution in [3.8, 4) is 0 Å². The standard InChI is InChI=1S/C31H37Cl2N3O4S/c1-4-18-34-31(38)29(20-24-9-6-5-7-10-24)35(22-25-13-16-26(32)17-14-25)30(37)11-8-19-36(41(3,39)40)28-21-27(33)15-12-23(28)2/h5-7,9-10,12-17,21,29H,4,8,11,18-20,22H2,1-3H3,(H,34,38)/t29-/m1/s1. The minimum atomic E-state index is -3.64. The maximum Gasteiger partial charge on any atom is 0.243 e. The molecule has 41 heavy (non-hydrogen) atoms. The Morgan fingerprint density at radius 2 is 1.59 bits per heavy atom. The lowest BCUT2D eigenvalue weighted by molar-refractivity contribution is -0.141. The largest absolute Gasteiger partial charge is 0.354 e. The van der Waals surface area contributed by atoms with E-state index in [1.165, 1.54) is 4.31 Å². The molecule has 1 N–H and O–H groups in total. The minimum Gasteiger partial charge on any atom is -0.354 e. The van der Waals surface area contributed by atoms with Crippen LogP contribution in [0.5, 0.6) is 0 Å². The Kier molecular flexibility index (Phi) is 12.1. The first-order chi connectivity index (χ1) is 19.5. The molecule has 0 spiro atoms. The molecule has 0 bridgehead atoms. The van der Waals surface area contributed by atoms with Gasteiger partial charge in [0.05, 0.1) is 11.9 Å². The van der Waals surface area contributed by atoms with Crippen molar-refractivity contribution in [3.63, 3.8) is 0 Å². The van der Waals surface area contributed by atoms with Gasteiger partial charge in [-0.3, -0.25) is 13.9 Å². The van der Waals surface area contributed by atoms with E-state index in [2.05, 4.69) is 5.32 Å². The van der Waals surface area contributed by atoms with E-state index in [0.29, 0.717) is 28.7 Å². The first-order valence-corrected chi connectivity index (χ1v) is 16.2. The van der Waals surface area contributed by atoms with Crippen LogP contribution in [0.25, 0.3) is 0 Å². The first kappa shape index (κ1) is 32.4. The Morgan fingerprint density at radius 1 is 0.927 bits per heavy atom. The van der Waals surface area contributed by atoms with Crippen LogP contribution in [0.15, 0.2) is 72.8 Å². The third kappa shape index (κ3) is 9.76. The summed E-state index contributed by atoms with van der Waals surface area (Å²) in [6, 6.07) is 21.1. The van der Waals surface area contributed by atoms with Gasteiger partial charge in [-0.15, -0.1) is 0 Å². The summed E-state index contributed by atoms with van der Waals surface area (Å²) in [5.74, 6) is -0.478. The summed E-state index contributed by atoms with van der Waals surface area (Å²) >= 11 is 12.3. The van der Waals surface area contributed by atoms with Gasteiger partial charge in [0.1, 0.15) is 6.04 Å². The Labute approximate surface area is 253 Å². The highest BCUT2D eigenvalue weighted by atomic mass is 35.5. The van der Waals surface area contributed by atoms with Crippen molar-refractivity contribution in [3.05, 3.63) is 99.5 Å². The number of halogens is 2. The summed E-state index contributed by atoms with van der Waals surface area (Å²) in [6.45, 7) is 4.57. The number of nitrogens with zero attached hydrogens (tertiary/aromatic N) is 2. The van der Waals surface area contributed by atoms with Crippen LogP contribution in [0.2, 0.25) is 10.0 Å². The van der Waals surface area contributed by atoms with E-state index in [9.17, 15) is 18.0 Å². The fraction of sp³-hybridized carbons (Fsp3) is 0.355. The SMILES string of the molecule is CCCNC(=O)[C@@H](Cc1ccccc1)N(Cc1ccc(Cl)cc1)C(=O)CCCN(c1cc(Cl)ccc1C)S(C)(=O)=O. The molecular formula is C31H37Cl2N3O4S. The van der Waals surface area contributed by atoms with Crippen molar-refractivity contribution in [2.75, 3.05) is 23.7 Å². The molecule has 0 saturated heterocycles. The molecule has 3 aromatic rings. The van der Waals surface area contributed by atoms with Crippen LogP contribution >= 0.6 is 23.2 Å². The number of anilines is 1. The average molecular weight is 619 g/mol. The zero-order valence-electron chi connectivity index (χ0n) is 23.6. The molecule has 0 aromatic heterocycles. The molecule has 10 heteroatoms. The molecule has 0 aliphatic heterocycles. The summed E-state index contributed by atoms with van der Waals surface area (Å²) < 4.78 is 26.7. The quantitative estimate of drug-likeness (QED) is 0.240. The van der Waals surface area contributed by atoms with E-state index in [0.717, 1.165) is 29.4 Å². The lowest BCUT2D eigenvalue weighted by atomic mass is 10.0. The molecule has 3 rings (SSSR count). The summed E-state index contributed by atoms with van der Waals surface area (Å²) in [4.78, 5) is 28.9. The lowest BCUT2D eigenvalue weighted by Gasteiger charge is -2.32. The fourth-order valence-electron chi connectivity index (χ4n) is 4.54. The number of carbonyl (C=O) groups is 2. The highest BCUT2D eigenvalue weighted by Crippen LogP contribution is 2.27. The van der Waals surface area contributed by atoms with E-state index in [-0.39, 0.29) is 37.7 Å². The normalized spacial score (nSPS) is 12.0. The maximum absolute atomic E-state index is 13.8. The Balaban J connectivity index is 1.88. The second kappa shape index (κ2) is 15.2. The molecule has 3 aromatic carbocycles. The van der Waals surface area contributed by atoms with Crippen molar-refractivity contribution in [2.45, 2.75) is 52.1 Å². The van der Waals surface area contributed by atoms with Gasteiger partial charge >= 0.3 is 0 Å². The van der Waals surface area contributed by atoms with Gasteiger partial charge in [-0.1, -0.05) is 78.7 Å². The molecule has 0 fully saturated rings. The van der Waals surface area contributed by atoms with Crippen LogP contribution in [-0.2, 0) is 32.6 Å². The summed E-state index contributed by atoms with van der Waals surface area (Å²) in [7, 11) is -3.64. The Bertz CT molecular complexity index is 1420. The molecule has 0 radical (unpaired) electrons. The van der Waals surface area contributed by atoms with E-state index < -0.39 is 16.1 Å². The maximum atomic E-state index is 13.8. The second-order valence-corrected chi connectivity index (χ2v) is 12.8. The van der Waals surface area contributed by atoms with Crippen molar-refractivity contribution in [2.24, 2.45) is 0 Å². The molecule has 1 atom stereocenters. The van der Waals surface area contributed by atoms with Crippen LogP contribution in [0.1, 0.15) is 42.9 Å². The molecule has 0 heterocycles. The van der Waals surface area contributed by atoms with E-state index >= 15 is 0 Å². The van der Waals surface area contributed by atoms with Crippen molar-refractivity contribution >= 4 is 50.7 Å². The molecule has 0 aliphatic rings. The second-order valence-electron chi connectivity index (χ2n) is 10.0. The van der Waals surface area contributed by atoms with Gasteiger partial charge in [0, 0.05) is 42.5 Å². The Hall–Kier alpha value is -3.07. The lowest BCUT2D eigenvalue weighted by Crippen LogP contribution is -2.50. The number of amides is 2. The predicted octanol–water partition coefficient (Wildman–Crippen LogP) is 6.01. The average Bonchev–Trinajstić information content (AvgIpc) is 2.94. The third-order valence-corrected chi connectivity index (χ3v) is 8.35. The van der Waals surface area contributed by atoms with Gasteiger partial charge in [0.2, 0.25) is 21.8 Å². The predicted molar refractivity (Wildman–Crippen MR) is 167 cm³/mol. The summed E-state index contributed by atoms with van der Waals surface area (Å²) in [5.41, 5.74) is 2.99. The topological polar surface area (TPSA) is 86.8 Å². The molecule has 2 amide bonds. The number of nitrogens with one attached hydrogen (secondary N) is 1. The van der Waals surface area contributed by atoms with Crippen LogP contribution in [0.4, 0.5) is 5.69 Å². The number of rotatable bonds is 14. The van der Waals surface area contributed by atoms with E-state index in [1.807, 2.05) is 56.3 Å². The van der Waals surface area contributed by atoms with Gasteiger partial charge in [-0.25, -0.2) is 8.42 Å². The van der Waals surface area contributed by atoms with Gasteiger partial charge in [-0.05, 0) is 60.7 Å². The number of sulfonamides is 1. The van der Waals surface area contributed by atoms with Gasteiger partial charge < -0.3 is 10.2 Å². The third-order valence-electron chi connectivity index (χ3n) is 6.68. The van der Waals surface area contributed by atoms with E-state index in [1.54, 1.807) is 35.2 Å². The van der Waals surface area contributed by atoms with Crippen LogP contribution < -0.4 is 9.62 Å². The highest BCUT2D eigenvalue weighted by Gasteiger charge is 2.30. The van der Waals surface area contributed by atoms with Gasteiger partial charge in [-0.2, -0.15) is 0 Å². The Morgan fingerprint density at radius 3 is 2.22 bits per heavy atom. The van der Waals surface area contributed by atoms with Crippen LogP contribution in [0, 0.1) is 6.92 Å². The number of hydrogen-bond donors (Lipinski definition) is 1. The molecule has 0 saturated carbocycles. The fourth-order valence-corrected chi connectivity index (χ4v) is 5.85. The van der Waals surface area contributed by atoms with E-state index in [4.69, 9.17) is 23.2 Å². The molecule has 220 valence electrons.